The second kappa shape index (κ2) is 3.69. The van der Waals surface area contributed by atoms with E-state index in [4.69, 9.17) is 4.74 Å². The van der Waals surface area contributed by atoms with Gasteiger partial charge < -0.3 is 4.74 Å². The van der Waals surface area contributed by atoms with Crippen molar-refractivity contribution in [2.45, 2.75) is 51.6 Å². The number of hydrogen-bond acceptors (Lipinski definition) is 2. The molecule has 0 spiro atoms. The van der Waals surface area contributed by atoms with Gasteiger partial charge >= 0.3 is 5.97 Å². The van der Waals surface area contributed by atoms with Crippen LogP contribution in [-0.4, -0.2) is 12.1 Å². The minimum Gasteiger partial charge on any atom is -0.463 e. The van der Waals surface area contributed by atoms with Crippen molar-refractivity contribution in [1.82, 2.24) is 0 Å². The van der Waals surface area contributed by atoms with Crippen molar-refractivity contribution in [1.29, 1.82) is 0 Å². The fourth-order valence-corrected chi connectivity index (χ4v) is 3.00. The molecule has 2 fully saturated rings. The zero-order valence-electron chi connectivity index (χ0n) is 8.29. The fraction of sp³-hybridized carbons (Fsp3) is 0.909. The maximum atomic E-state index is 10.8. The van der Waals surface area contributed by atoms with E-state index in [1.165, 1.54) is 32.6 Å². The van der Waals surface area contributed by atoms with Crippen LogP contribution in [0.5, 0.6) is 0 Å². The zero-order chi connectivity index (χ0) is 9.26. The largest absolute Gasteiger partial charge is 0.463 e. The molecule has 0 heterocycles. The summed E-state index contributed by atoms with van der Waals surface area (Å²) in [7, 11) is 0. The van der Waals surface area contributed by atoms with Gasteiger partial charge in [-0.2, -0.15) is 0 Å². The molecule has 2 heteroatoms. The van der Waals surface area contributed by atoms with Crippen LogP contribution < -0.4 is 0 Å². The minimum atomic E-state index is -0.107. The third-order valence-corrected chi connectivity index (χ3v) is 3.42. The molecule has 0 radical (unpaired) electrons. The number of carbonyl (C=O) groups is 1. The maximum absolute atomic E-state index is 10.8. The van der Waals surface area contributed by atoms with E-state index in [9.17, 15) is 4.79 Å². The van der Waals surface area contributed by atoms with Gasteiger partial charge in [0.2, 0.25) is 0 Å². The van der Waals surface area contributed by atoms with Crippen molar-refractivity contribution in [3.63, 3.8) is 0 Å². The molecular weight excluding hydrogens is 164 g/mol. The molecule has 2 aliphatic carbocycles. The van der Waals surface area contributed by atoms with Crippen LogP contribution in [0.3, 0.4) is 0 Å². The topological polar surface area (TPSA) is 26.3 Å². The number of rotatable bonds is 1. The Morgan fingerprint density at radius 3 is 2.31 bits per heavy atom. The van der Waals surface area contributed by atoms with Crippen LogP contribution in [0.2, 0.25) is 0 Å². The summed E-state index contributed by atoms with van der Waals surface area (Å²) in [5.41, 5.74) is 0. The van der Waals surface area contributed by atoms with E-state index in [2.05, 4.69) is 0 Å². The Labute approximate surface area is 79.7 Å². The van der Waals surface area contributed by atoms with Gasteiger partial charge in [-0.15, -0.1) is 0 Å². The lowest BCUT2D eigenvalue weighted by atomic mass is 9.71. The molecule has 0 aromatic rings. The quantitative estimate of drug-likeness (QED) is 0.582. The first kappa shape index (κ1) is 9.04. The van der Waals surface area contributed by atoms with Crippen LogP contribution in [0.1, 0.15) is 45.4 Å². The average Bonchev–Trinajstić information content (AvgIpc) is 2.01. The normalized spacial score (nSPS) is 38.4. The summed E-state index contributed by atoms with van der Waals surface area (Å²) in [6.07, 6.45) is 7.97. The Bertz CT molecular complexity index is 188. The highest BCUT2D eigenvalue weighted by atomic mass is 16.5. The van der Waals surface area contributed by atoms with Crippen LogP contribution in [0.25, 0.3) is 0 Å². The summed E-state index contributed by atoms with van der Waals surface area (Å²) in [4.78, 5) is 10.8. The molecule has 13 heavy (non-hydrogen) atoms. The number of hydrogen-bond donors (Lipinski definition) is 0. The van der Waals surface area contributed by atoms with Crippen LogP contribution in [-0.2, 0) is 9.53 Å². The van der Waals surface area contributed by atoms with E-state index < -0.39 is 0 Å². The molecule has 74 valence electrons. The van der Waals surface area contributed by atoms with E-state index in [-0.39, 0.29) is 12.1 Å². The molecule has 0 amide bonds. The SMILES string of the molecule is CC(=O)OC1CC2CCCC(C2)C1. The molecule has 0 N–H and O–H groups in total. The zero-order valence-corrected chi connectivity index (χ0v) is 8.29. The molecule has 2 atom stereocenters. The van der Waals surface area contributed by atoms with E-state index in [1.807, 2.05) is 0 Å². The van der Waals surface area contributed by atoms with Crippen LogP contribution in [0, 0.1) is 11.8 Å². The van der Waals surface area contributed by atoms with E-state index in [1.54, 1.807) is 0 Å². The predicted octanol–water partition coefficient (Wildman–Crippen LogP) is 2.52. The van der Waals surface area contributed by atoms with Gasteiger partial charge in [0.15, 0.2) is 0 Å². The van der Waals surface area contributed by atoms with Crippen molar-refractivity contribution in [2.75, 3.05) is 0 Å². The second-order valence-corrected chi connectivity index (χ2v) is 4.60. The highest BCUT2D eigenvalue weighted by molar-refractivity contribution is 5.66. The van der Waals surface area contributed by atoms with Gasteiger partial charge in [-0.3, -0.25) is 4.79 Å². The van der Waals surface area contributed by atoms with Gasteiger partial charge in [0.05, 0.1) is 0 Å². The fourth-order valence-electron chi connectivity index (χ4n) is 3.00. The summed E-state index contributed by atoms with van der Waals surface area (Å²) >= 11 is 0. The van der Waals surface area contributed by atoms with Crippen molar-refractivity contribution in [3.8, 4) is 0 Å². The highest BCUT2D eigenvalue weighted by Gasteiger charge is 2.32. The van der Waals surface area contributed by atoms with Gasteiger partial charge in [-0.25, -0.2) is 0 Å². The lowest BCUT2D eigenvalue weighted by Gasteiger charge is -2.38. The first-order chi connectivity index (χ1) is 6.24. The lowest BCUT2D eigenvalue weighted by molar-refractivity contribution is -0.150. The summed E-state index contributed by atoms with van der Waals surface area (Å²) in [6, 6.07) is 0. The Kier molecular flexibility index (Phi) is 2.56. The summed E-state index contributed by atoms with van der Waals surface area (Å²) in [5.74, 6) is 1.58. The van der Waals surface area contributed by atoms with Crippen molar-refractivity contribution in [3.05, 3.63) is 0 Å². The minimum absolute atomic E-state index is 0.107. The molecule has 2 unspecified atom stereocenters. The monoisotopic (exact) mass is 182 g/mol. The summed E-state index contributed by atoms with van der Waals surface area (Å²) in [5, 5.41) is 0. The Balaban J connectivity index is 1.90. The van der Waals surface area contributed by atoms with E-state index in [0.717, 1.165) is 24.7 Å². The van der Waals surface area contributed by atoms with Gasteiger partial charge in [-0.1, -0.05) is 19.3 Å². The predicted molar refractivity (Wildman–Crippen MR) is 50.2 cm³/mol. The molecule has 2 saturated carbocycles. The number of ether oxygens (including phenoxy) is 1. The Hall–Kier alpha value is -0.530. The average molecular weight is 182 g/mol. The van der Waals surface area contributed by atoms with Gasteiger partial charge in [0, 0.05) is 6.92 Å². The molecule has 2 aliphatic rings. The van der Waals surface area contributed by atoms with E-state index in [0.29, 0.717) is 0 Å². The van der Waals surface area contributed by atoms with E-state index >= 15 is 0 Å². The maximum Gasteiger partial charge on any atom is 0.302 e. The molecular formula is C11H18O2. The summed E-state index contributed by atoms with van der Waals surface area (Å²) < 4.78 is 5.29. The Morgan fingerprint density at radius 2 is 1.77 bits per heavy atom. The van der Waals surface area contributed by atoms with Crippen LogP contribution in [0.15, 0.2) is 0 Å². The van der Waals surface area contributed by atoms with Crippen molar-refractivity contribution < 1.29 is 9.53 Å². The van der Waals surface area contributed by atoms with Gasteiger partial charge in [0.25, 0.3) is 0 Å². The molecule has 0 aromatic carbocycles. The second-order valence-electron chi connectivity index (χ2n) is 4.60. The first-order valence-electron chi connectivity index (χ1n) is 5.41. The van der Waals surface area contributed by atoms with Crippen LogP contribution >= 0.6 is 0 Å². The number of carbonyl (C=O) groups excluding carboxylic acids is 1. The molecule has 0 aromatic heterocycles. The van der Waals surface area contributed by atoms with Crippen LogP contribution in [0.4, 0.5) is 0 Å². The molecule has 0 saturated heterocycles. The number of fused-ring (bicyclic) bond motifs is 2. The van der Waals surface area contributed by atoms with Crippen molar-refractivity contribution in [2.24, 2.45) is 11.8 Å². The van der Waals surface area contributed by atoms with Gasteiger partial charge in [0.1, 0.15) is 6.10 Å². The smallest absolute Gasteiger partial charge is 0.302 e. The third kappa shape index (κ3) is 2.23. The first-order valence-corrected chi connectivity index (χ1v) is 5.41. The lowest BCUT2D eigenvalue weighted by Crippen LogP contribution is -2.32. The molecule has 2 bridgehead atoms. The summed E-state index contributed by atoms with van der Waals surface area (Å²) in [6.45, 7) is 1.52. The molecule has 2 nitrogen and oxygen atoms in total. The van der Waals surface area contributed by atoms with Crippen molar-refractivity contribution >= 4 is 5.97 Å². The molecule has 2 rings (SSSR count). The standard InChI is InChI=1S/C11H18O2/c1-8(12)13-11-6-9-3-2-4-10(5-9)7-11/h9-11H,2-7H2,1H3. The van der Waals surface area contributed by atoms with Gasteiger partial charge in [-0.05, 0) is 31.1 Å². The molecule has 0 aliphatic heterocycles. The number of esters is 1. The Morgan fingerprint density at radius 1 is 1.15 bits per heavy atom. The third-order valence-electron chi connectivity index (χ3n) is 3.42. The highest BCUT2D eigenvalue weighted by Crippen LogP contribution is 2.40.